The molecule has 0 amide bonds. The normalized spacial score (nSPS) is 20.0. The van der Waals surface area contributed by atoms with Crippen LogP contribution in [-0.2, 0) is 0 Å². The number of rotatable bonds is 3. The summed E-state index contributed by atoms with van der Waals surface area (Å²) in [6, 6.07) is 3.53. The molecule has 0 aromatic carbocycles. The predicted octanol–water partition coefficient (Wildman–Crippen LogP) is 2.15. The highest BCUT2D eigenvalue weighted by molar-refractivity contribution is 5.87. The van der Waals surface area contributed by atoms with Gasteiger partial charge in [0, 0.05) is 11.7 Å². The molecule has 2 aliphatic rings. The SMILES string of the molecule is O=C(O)c1ccc(C2CC2)n(C2CCC2)c1=O. The zero-order valence-corrected chi connectivity index (χ0v) is 9.56. The number of carboxylic acids is 1. The lowest BCUT2D eigenvalue weighted by molar-refractivity contribution is 0.0693. The molecule has 4 nitrogen and oxygen atoms in total. The van der Waals surface area contributed by atoms with Gasteiger partial charge in [-0.1, -0.05) is 0 Å². The number of hydrogen-bond donors (Lipinski definition) is 1. The molecule has 1 aromatic heterocycles. The molecule has 1 heterocycles. The van der Waals surface area contributed by atoms with Gasteiger partial charge < -0.3 is 9.67 Å². The third-order valence-electron chi connectivity index (χ3n) is 3.81. The standard InChI is InChI=1S/C13H15NO3/c15-12-10(13(16)17)6-7-11(8-4-5-8)14(12)9-2-1-3-9/h6-9H,1-5H2,(H,16,17). The Labute approximate surface area is 98.9 Å². The minimum absolute atomic E-state index is 0.0960. The van der Waals surface area contributed by atoms with E-state index in [0.717, 1.165) is 37.8 Å². The van der Waals surface area contributed by atoms with Crippen molar-refractivity contribution in [3.63, 3.8) is 0 Å². The zero-order chi connectivity index (χ0) is 12.0. The molecule has 0 bridgehead atoms. The van der Waals surface area contributed by atoms with E-state index in [1.165, 1.54) is 6.07 Å². The van der Waals surface area contributed by atoms with Gasteiger partial charge in [0.2, 0.25) is 0 Å². The third-order valence-corrected chi connectivity index (χ3v) is 3.81. The summed E-state index contributed by atoms with van der Waals surface area (Å²) in [5.41, 5.74) is 0.637. The summed E-state index contributed by atoms with van der Waals surface area (Å²) >= 11 is 0. The van der Waals surface area contributed by atoms with E-state index in [4.69, 9.17) is 5.11 Å². The monoisotopic (exact) mass is 233 g/mol. The Hall–Kier alpha value is -1.58. The van der Waals surface area contributed by atoms with Gasteiger partial charge in [-0.05, 0) is 50.2 Å². The van der Waals surface area contributed by atoms with Gasteiger partial charge in [-0.25, -0.2) is 4.79 Å². The first-order valence-electron chi connectivity index (χ1n) is 6.17. The largest absolute Gasteiger partial charge is 0.477 e. The summed E-state index contributed by atoms with van der Waals surface area (Å²) < 4.78 is 1.75. The molecule has 0 atom stereocenters. The van der Waals surface area contributed by atoms with Crippen molar-refractivity contribution in [2.45, 2.75) is 44.1 Å². The second-order valence-electron chi connectivity index (χ2n) is 5.01. The van der Waals surface area contributed by atoms with E-state index in [1.54, 1.807) is 4.57 Å². The van der Waals surface area contributed by atoms with Crippen LogP contribution >= 0.6 is 0 Å². The lowest BCUT2D eigenvalue weighted by Crippen LogP contribution is -2.34. The van der Waals surface area contributed by atoms with E-state index in [1.807, 2.05) is 6.07 Å². The Balaban J connectivity index is 2.14. The lowest BCUT2D eigenvalue weighted by atomic mass is 9.92. The number of nitrogens with zero attached hydrogens (tertiary/aromatic N) is 1. The van der Waals surface area contributed by atoms with E-state index in [-0.39, 0.29) is 17.2 Å². The van der Waals surface area contributed by atoms with Crippen LogP contribution in [0.5, 0.6) is 0 Å². The highest BCUT2D eigenvalue weighted by Gasteiger charge is 2.32. The second kappa shape index (κ2) is 3.72. The average molecular weight is 233 g/mol. The molecular weight excluding hydrogens is 218 g/mol. The summed E-state index contributed by atoms with van der Waals surface area (Å²) in [7, 11) is 0. The van der Waals surface area contributed by atoms with Crippen molar-refractivity contribution in [3.8, 4) is 0 Å². The smallest absolute Gasteiger partial charge is 0.341 e. The van der Waals surface area contributed by atoms with Gasteiger partial charge in [0.25, 0.3) is 5.56 Å². The number of hydrogen-bond acceptors (Lipinski definition) is 2. The lowest BCUT2D eigenvalue weighted by Gasteiger charge is -2.30. The molecule has 1 N–H and O–H groups in total. The van der Waals surface area contributed by atoms with Crippen LogP contribution in [0.1, 0.15) is 60.1 Å². The van der Waals surface area contributed by atoms with Crippen molar-refractivity contribution in [1.29, 1.82) is 0 Å². The van der Waals surface area contributed by atoms with Crippen molar-refractivity contribution in [1.82, 2.24) is 4.57 Å². The van der Waals surface area contributed by atoms with Crippen LogP contribution in [0.15, 0.2) is 16.9 Å². The Morgan fingerprint density at radius 3 is 2.41 bits per heavy atom. The van der Waals surface area contributed by atoms with E-state index in [2.05, 4.69) is 0 Å². The van der Waals surface area contributed by atoms with Gasteiger partial charge in [-0.2, -0.15) is 0 Å². The fourth-order valence-corrected chi connectivity index (χ4v) is 2.46. The molecule has 2 fully saturated rings. The van der Waals surface area contributed by atoms with Crippen molar-refractivity contribution in [2.75, 3.05) is 0 Å². The maximum absolute atomic E-state index is 12.2. The maximum Gasteiger partial charge on any atom is 0.341 e. The molecule has 4 heteroatoms. The van der Waals surface area contributed by atoms with Gasteiger partial charge in [0.15, 0.2) is 0 Å². The van der Waals surface area contributed by atoms with Crippen LogP contribution in [0.2, 0.25) is 0 Å². The second-order valence-corrected chi connectivity index (χ2v) is 5.01. The van der Waals surface area contributed by atoms with Gasteiger partial charge in [-0.15, -0.1) is 0 Å². The predicted molar refractivity (Wildman–Crippen MR) is 62.5 cm³/mol. The first-order chi connectivity index (χ1) is 8.18. The van der Waals surface area contributed by atoms with Gasteiger partial charge in [0.05, 0.1) is 0 Å². The van der Waals surface area contributed by atoms with Crippen molar-refractivity contribution >= 4 is 5.97 Å². The highest BCUT2D eigenvalue weighted by Crippen LogP contribution is 2.42. The van der Waals surface area contributed by atoms with Crippen LogP contribution in [0.4, 0.5) is 0 Å². The maximum atomic E-state index is 12.2. The fraction of sp³-hybridized carbons (Fsp3) is 0.538. The molecular formula is C13H15NO3. The van der Waals surface area contributed by atoms with E-state index in [9.17, 15) is 9.59 Å². The molecule has 0 unspecified atom stereocenters. The molecule has 2 saturated carbocycles. The van der Waals surface area contributed by atoms with Gasteiger partial charge in [-0.3, -0.25) is 4.79 Å². The van der Waals surface area contributed by atoms with Crippen molar-refractivity contribution in [2.24, 2.45) is 0 Å². The van der Waals surface area contributed by atoms with E-state index < -0.39 is 5.97 Å². The van der Waals surface area contributed by atoms with E-state index in [0.29, 0.717) is 5.92 Å². The minimum atomic E-state index is -1.12. The fourth-order valence-electron chi connectivity index (χ4n) is 2.46. The number of pyridine rings is 1. The average Bonchev–Trinajstić information content (AvgIpc) is 3.01. The number of carbonyl (C=O) groups is 1. The molecule has 17 heavy (non-hydrogen) atoms. The van der Waals surface area contributed by atoms with Crippen molar-refractivity contribution < 1.29 is 9.90 Å². The van der Waals surface area contributed by atoms with E-state index >= 15 is 0 Å². The van der Waals surface area contributed by atoms with Gasteiger partial charge >= 0.3 is 5.97 Å². The Bertz CT molecular complexity index is 524. The highest BCUT2D eigenvalue weighted by atomic mass is 16.4. The molecule has 2 aliphatic carbocycles. The zero-order valence-electron chi connectivity index (χ0n) is 9.56. The number of carboxylic acid groups (broad SMARTS) is 1. The molecule has 0 spiro atoms. The minimum Gasteiger partial charge on any atom is -0.477 e. The van der Waals surface area contributed by atoms with Gasteiger partial charge in [0.1, 0.15) is 5.56 Å². The molecule has 0 radical (unpaired) electrons. The topological polar surface area (TPSA) is 59.3 Å². The van der Waals surface area contributed by atoms with Crippen LogP contribution in [0, 0.1) is 0 Å². The molecule has 3 rings (SSSR count). The summed E-state index contributed by atoms with van der Waals surface area (Å²) in [6.45, 7) is 0. The Kier molecular flexibility index (Phi) is 2.31. The summed E-state index contributed by atoms with van der Waals surface area (Å²) in [6.07, 6.45) is 5.39. The summed E-state index contributed by atoms with van der Waals surface area (Å²) in [5.74, 6) is -0.642. The first-order valence-corrected chi connectivity index (χ1v) is 6.17. The molecule has 0 aliphatic heterocycles. The summed E-state index contributed by atoms with van der Waals surface area (Å²) in [5, 5.41) is 8.99. The first kappa shape index (κ1) is 10.6. The number of aromatic carboxylic acids is 1. The summed E-state index contributed by atoms with van der Waals surface area (Å²) in [4.78, 5) is 23.2. The van der Waals surface area contributed by atoms with Crippen LogP contribution in [0.25, 0.3) is 0 Å². The Morgan fingerprint density at radius 2 is 1.94 bits per heavy atom. The van der Waals surface area contributed by atoms with Crippen molar-refractivity contribution in [3.05, 3.63) is 33.7 Å². The molecule has 90 valence electrons. The van der Waals surface area contributed by atoms with Crippen LogP contribution in [-0.4, -0.2) is 15.6 Å². The van der Waals surface area contributed by atoms with Crippen LogP contribution < -0.4 is 5.56 Å². The molecule has 0 saturated heterocycles. The molecule has 1 aromatic rings. The Morgan fingerprint density at radius 1 is 1.24 bits per heavy atom. The quantitative estimate of drug-likeness (QED) is 0.870. The third kappa shape index (κ3) is 1.68. The van der Waals surface area contributed by atoms with Crippen LogP contribution in [0.3, 0.4) is 0 Å². The number of aromatic nitrogens is 1.